The van der Waals surface area contributed by atoms with Gasteiger partial charge in [-0.25, -0.2) is 17.9 Å². The number of hydrogen-bond acceptors (Lipinski definition) is 3. The second kappa shape index (κ2) is 3.41. The van der Waals surface area contributed by atoms with Crippen molar-refractivity contribution in [3.8, 4) is 0 Å². The van der Waals surface area contributed by atoms with E-state index in [-0.39, 0.29) is 10.5 Å². The number of sulfonamides is 1. The van der Waals surface area contributed by atoms with E-state index in [0.29, 0.717) is 0 Å². The number of aliphatic hydroxyl groups excluding tert-OH is 1. The van der Waals surface area contributed by atoms with Crippen LogP contribution in [0.15, 0.2) is 23.1 Å². The van der Waals surface area contributed by atoms with E-state index in [1.807, 2.05) is 0 Å². The monoisotopic (exact) mass is 205 g/mol. The van der Waals surface area contributed by atoms with E-state index in [4.69, 9.17) is 10.2 Å². The summed E-state index contributed by atoms with van der Waals surface area (Å²) in [7, 11) is -3.89. The van der Waals surface area contributed by atoms with E-state index in [1.165, 1.54) is 0 Å². The Bertz CT molecular complexity index is 416. The average Bonchev–Trinajstić information content (AvgIpc) is 2.01. The topological polar surface area (TPSA) is 80.4 Å². The van der Waals surface area contributed by atoms with Gasteiger partial charge in [0, 0.05) is 5.56 Å². The van der Waals surface area contributed by atoms with E-state index in [0.717, 1.165) is 18.2 Å². The first kappa shape index (κ1) is 10.1. The summed E-state index contributed by atoms with van der Waals surface area (Å²) in [6, 6.07) is 2.93. The molecular weight excluding hydrogens is 197 g/mol. The van der Waals surface area contributed by atoms with Gasteiger partial charge in [0.15, 0.2) is 0 Å². The molecule has 0 radical (unpaired) electrons. The first-order valence-corrected chi connectivity index (χ1v) is 4.92. The quantitative estimate of drug-likeness (QED) is 0.711. The largest absolute Gasteiger partial charge is 0.392 e. The predicted octanol–water partition coefficient (Wildman–Crippen LogP) is -0.0346. The van der Waals surface area contributed by atoms with Crippen LogP contribution < -0.4 is 5.14 Å². The Balaban J connectivity index is 3.39. The Morgan fingerprint density at radius 1 is 1.46 bits per heavy atom. The molecule has 0 aromatic heterocycles. The molecule has 3 N–H and O–H groups in total. The van der Waals surface area contributed by atoms with E-state index < -0.39 is 22.4 Å². The van der Waals surface area contributed by atoms with Gasteiger partial charge >= 0.3 is 0 Å². The van der Waals surface area contributed by atoms with Crippen molar-refractivity contribution in [3.05, 3.63) is 29.6 Å². The number of primary sulfonamides is 1. The van der Waals surface area contributed by atoms with Gasteiger partial charge < -0.3 is 5.11 Å². The van der Waals surface area contributed by atoms with Gasteiger partial charge in [0.2, 0.25) is 10.0 Å². The van der Waals surface area contributed by atoms with Gasteiger partial charge in [0.05, 0.1) is 11.5 Å². The molecule has 6 heteroatoms. The lowest BCUT2D eigenvalue weighted by Crippen LogP contribution is -2.14. The van der Waals surface area contributed by atoms with Crippen molar-refractivity contribution >= 4 is 10.0 Å². The van der Waals surface area contributed by atoms with Crippen molar-refractivity contribution in [3.63, 3.8) is 0 Å². The third-order valence-electron chi connectivity index (χ3n) is 1.50. The van der Waals surface area contributed by atoms with Crippen LogP contribution in [0.3, 0.4) is 0 Å². The molecular formula is C7H8FNO3S. The fraction of sp³-hybridized carbons (Fsp3) is 0.143. The molecule has 0 saturated carbocycles. The maximum absolute atomic E-state index is 12.6. The minimum Gasteiger partial charge on any atom is -0.392 e. The van der Waals surface area contributed by atoms with Crippen LogP contribution in [0.4, 0.5) is 4.39 Å². The highest BCUT2D eigenvalue weighted by molar-refractivity contribution is 7.89. The van der Waals surface area contributed by atoms with Gasteiger partial charge in [0.25, 0.3) is 0 Å². The van der Waals surface area contributed by atoms with Gasteiger partial charge in [0.1, 0.15) is 5.82 Å². The second-order valence-electron chi connectivity index (χ2n) is 2.46. The summed E-state index contributed by atoms with van der Waals surface area (Å²) in [5, 5.41) is 13.5. The van der Waals surface area contributed by atoms with Gasteiger partial charge in [-0.2, -0.15) is 0 Å². The SMILES string of the molecule is NS(=O)(=O)c1ccc(F)cc1CO. The fourth-order valence-corrected chi connectivity index (χ4v) is 1.70. The molecule has 1 aromatic carbocycles. The van der Waals surface area contributed by atoms with Crippen molar-refractivity contribution in [1.29, 1.82) is 0 Å². The van der Waals surface area contributed by atoms with Crippen molar-refractivity contribution < 1.29 is 17.9 Å². The molecule has 0 unspecified atom stereocenters. The third kappa shape index (κ3) is 2.24. The number of halogens is 1. The molecule has 0 aliphatic heterocycles. The highest BCUT2D eigenvalue weighted by Crippen LogP contribution is 2.15. The molecule has 1 rings (SSSR count). The normalized spacial score (nSPS) is 11.6. The number of aliphatic hydroxyl groups is 1. The summed E-state index contributed by atoms with van der Waals surface area (Å²) in [5.41, 5.74) is -0.0394. The smallest absolute Gasteiger partial charge is 0.238 e. The van der Waals surface area contributed by atoms with Crippen LogP contribution in [0.5, 0.6) is 0 Å². The Kier molecular flexibility index (Phi) is 2.65. The van der Waals surface area contributed by atoms with Gasteiger partial charge in [-0.1, -0.05) is 0 Å². The Labute approximate surface area is 74.9 Å². The molecule has 0 amide bonds. The van der Waals surface area contributed by atoms with E-state index in [9.17, 15) is 12.8 Å². The molecule has 72 valence electrons. The summed E-state index contributed by atoms with van der Waals surface area (Å²) in [6.07, 6.45) is 0. The standard InChI is InChI=1S/C7H8FNO3S/c8-6-1-2-7(13(9,11)12)5(3-6)4-10/h1-3,10H,4H2,(H2,9,11,12). The van der Waals surface area contributed by atoms with Gasteiger partial charge in [-0.3, -0.25) is 0 Å². The van der Waals surface area contributed by atoms with Crippen LogP contribution in [-0.2, 0) is 16.6 Å². The molecule has 1 aromatic rings. The lowest BCUT2D eigenvalue weighted by atomic mass is 10.2. The lowest BCUT2D eigenvalue weighted by Gasteiger charge is -2.03. The lowest BCUT2D eigenvalue weighted by molar-refractivity contribution is 0.278. The molecule has 0 aliphatic carbocycles. The van der Waals surface area contributed by atoms with Crippen molar-refractivity contribution in [2.45, 2.75) is 11.5 Å². The zero-order valence-corrected chi connectivity index (χ0v) is 7.38. The zero-order chi connectivity index (χ0) is 10.1. The number of hydrogen-bond donors (Lipinski definition) is 2. The molecule has 0 aliphatic rings. The fourth-order valence-electron chi connectivity index (χ4n) is 0.949. The first-order valence-electron chi connectivity index (χ1n) is 3.37. The van der Waals surface area contributed by atoms with E-state index in [1.54, 1.807) is 0 Å². The highest BCUT2D eigenvalue weighted by atomic mass is 32.2. The molecule has 0 atom stereocenters. The maximum atomic E-state index is 12.6. The summed E-state index contributed by atoms with van der Waals surface area (Å²) in [6.45, 7) is -0.566. The van der Waals surface area contributed by atoms with E-state index >= 15 is 0 Å². The van der Waals surface area contributed by atoms with Crippen molar-refractivity contribution in [1.82, 2.24) is 0 Å². The summed E-state index contributed by atoms with van der Waals surface area (Å²) in [4.78, 5) is -0.253. The van der Waals surface area contributed by atoms with Crippen molar-refractivity contribution in [2.24, 2.45) is 5.14 Å². The first-order chi connectivity index (χ1) is 5.95. The molecule has 0 saturated heterocycles. The van der Waals surface area contributed by atoms with Crippen LogP contribution >= 0.6 is 0 Å². The number of benzene rings is 1. The summed E-state index contributed by atoms with van der Waals surface area (Å²) < 4.78 is 34.3. The Morgan fingerprint density at radius 2 is 2.08 bits per heavy atom. The molecule has 0 bridgehead atoms. The minimum atomic E-state index is -3.89. The average molecular weight is 205 g/mol. The van der Waals surface area contributed by atoms with Crippen LogP contribution in [0.2, 0.25) is 0 Å². The number of nitrogens with two attached hydrogens (primary N) is 1. The molecule has 0 fully saturated rings. The molecule has 0 spiro atoms. The molecule has 13 heavy (non-hydrogen) atoms. The van der Waals surface area contributed by atoms with E-state index in [2.05, 4.69) is 0 Å². The summed E-state index contributed by atoms with van der Waals surface area (Å²) in [5.74, 6) is -0.614. The maximum Gasteiger partial charge on any atom is 0.238 e. The Morgan fingerprint density at radius 3 is 2.54 bits per heavy atom. The van der Waals surface area contributed by atoms with Crippen molar-refractivity contribution in [2.75, 3.05) is 0 Å². The minimum absolute atomic E-state index is 0.0394. The van der Waals surface area contributed by atoms with Crippen LogP contribution in [0.25, 0.3) is 0 Å². The summed E-state index contributed by atoms with van der Waals surface area (Å²) >= 11 is 0. The highest BCUT2D eigenvalue weighted by Gasteiger charge is 2.13. The van der Waals surface area contributed by atoms with Crippen LogP contribution in [0, 0.1) is 5.82 Å². The van der Waals surface area contributed by atoms with Crippen LogP contribution in [0.1, 0.15) is 5.56 Å². The van der Waals surface area contributed by atoms with Gasteiger partial charge in [-0.05, 0) is 18.2 Å². The second-order valence-corrected chi connectivity index (χ2v) is 3.99. The Hall–Kier alpha value is -0.980. The zero-order valence-electron chi connectivity index (χ0n) is 6.57. The number of rotatable bonds is 2. The van der Waals surface area contributed by atoms with Crippen LogP contribution in [-0.4, -0.2) is 13.5 Å². The molecule has 4 nitrogen and oxygen atoms in total. The predicted molar refractivity (Wildman–Crippen MR) is 43.7 cm³/mol. The third-order valence-corrected chi connectivity index (χ3v) is 2.51. The van der Waals surface area contributed by atoms with Gasteiger partial charge in [-0.15, -0.1) is 0 Å². The molecule has 0 heterocycles.